The molecule has 0 aliphatic carbocycles. The molecule has 0 atom stereocenters. The van der Waals surface area contributed by atoms with E-state index in [0.29, 0.717) is 0 Å². The van der Waals surface area contributed by atoms with E-state index in [-0.39, 0.29) is 67.9 Å². The zero-order chi connectivity index (χ0) is 13.9. The number of hydrogen-bond donors (Lipinski definition) is 0. The fourth-order valence-electron chi connectivity index (χ4n) is 2.08. The topological polar surface area (TPSA) is 16.1 Å². The van der Waals surface area contributed by atoms with Crippen molar-refractivity contribution in [3.05, 3.63) is 71.2 Å². The Kier molecular flexibility index (Phi) is 13.2. The molecule has 0 amide bonds. The number of nitrogens with zero attached hydrogens (tertiary/aromatic N) is 2. The number of anilines is 3. The van der Waals surface area contributed by atoms with Crippen LogP contribution in [0.15, 0.2) is 60.7 Å². The molecule has 1 aromatic heterocycles. The van der Waals surface area contributed by atoms with Gasteiger partial charge in [0.05, 0.1) is 5.69 Å². The van der Waals surface area contributed by atoms with Crippen molar-refractivity contribution in [1.82, 2.24) is 4.98 Å². The van der Waals surface area contributed by atoms with Crippen LogP contribution >= 0.6 is 79.3 Å². The summed E-state index contributed by atoms with van der Waals surface area (Å²) in [7, 11) is 0. The molecular formula is C17H20Br4N2S. The largest absolute Gasteiger partial charge is 0.286 e. The van der Waals surface area contributed by atoms with E-state index in [9.17, 15) is 0 Å². The lowest BCUT2D eigenvalue weighted by Gasteiger charge is -2.22. The molecule has 3 rings (SSSR count). The Morgan fingerprint density at radius 3 is 1.46 bits per heavy atom. The predicted octanol–water partition coefficient (Wildman–Crippen LogP) is 7.54. The van der Waals surface area contributed by atoms with Gasteiger partial charge in [0, 0.05) is 16.3 Å². The second-order valence-corrected chi connectivity index (χ2v) is 5.83. The van der Waals surface area contributed by atoms with Crippen LogP contribution in [0.25, 0.3) is 0 Å². The van der Waals surface area contributed by atoms with Gasteiger partial charge in [0.2, 0.25) is 0 Å². The number of halogens is 4. The third-order valence-electron chi connectivity index (χ3n) is 3.24. The summed E-state index contributed by atoms with van der Waals surface area (Å²) in [4.78, 5) is 8.17. The van der Waals surface area contributed by atoms with Crippen molar-refractivity contribution in [2.45, 2.75) is 13.8 Å². The van der Waals surface area contributed by atoms with Crippen LogP contribution in [-0.2, 0) is 0 Å². The van der Waals surface area contributed by atoms with Crippen LogP contribution < -0.4 is 4.90 Å². The highest BCUT2D eigenvalue weighted by Crippen LogP contribution is 2.37. The van der Waals surface area contributed by atoms with Gasteiger partial charge in [0.15, 0.2) is 5.13 Å². The number of thiazole rings is 1. The van der Waals surface area contributed by atoms with Gasteiger partial charge in [-0.05, 0) is 38.1 Å². The van der Waals surface area contributed by atoms with Crippen molar-refractivity contribution in [2.75, 3.05) is 4.90 Å². The molecule has 0 aliphatic heterocycles. The summed E-state index contributed by atoms with van der Waals surface area (Å²) < 4.78 is 0. The van der Waals surface area contributed by atoms with Crippen LogP contribution in [0.1, 0.15) is 10.6 Å². The molecule has 24 heavy (non-hydrogen) atoms. The van der Waals surface area contributed by atoms with E-state index in [1.165, 1.54) is 4.88 Å². The molecule has 0 fully saturated rings. The van der Waals surface area contributed by atoms with Crippen LogP contribution in [0.4, 0.5) is 16.5 Å². The van der Waals surface area contributed by atoms with E-state index < -0.39 is 0 Å². The summed E-state index contributed by atoms with van der Waals surface area (Å²) in [6.45, 7) is 4.17. The van der Waals surface area contributed by atoms with Crippen LogP contribution in [0.2, 0.25) is 0 Å². The lowest BCUT2D eigenvalue weighted by atomic mass is 10.2. The Morgan fingerprint density at radius 1 is 0.708 bits per heavy atom. The minimum absolute atomic E-state index is 0. The first-order valence-corrected chi connectivity index (χ1v) is 7.41. The van der Waals surface area contributed by atoms with Gasteiger partial charge in [0.1, 0.15) is 0 Å². The van der Waals surface area contributed by atoms with Gasteiger partial charge in [-0.2, -0.15) is 0 Å². The van der Waals surface area contributed by atoms with Crippen molar-refractivity contribution in [1.29, 1.82) is 0 Å². The van der Waals surface area contributed by atoms with Crippen molar-refractivity contribution in [3.8, 4) is 0 Å². The first-order chi connectivity index (χ1) is 9.75. The van der Waals surface area contributed by atoms with Crippen LogP contribution in [-0.4, -0.2) is 4.98 Å². The van der Waals surface area contributed by atoms with Crippen molar-refractivity contribution >= 4 is 95.8 Å². The lowest BCUT2D eigenvalue weighted by Crippen LogP contribution is -2.09. The zero-order valence-corrected chi connectivity index (χ0v) is 20.9. The average molecular weight is 604 g/mol. The summed E-state index contributed by atoms with van der Waals surface area (Å²) in [6.07, 6.45) is 0. The van der Waals surface area contributed by atoms with E-state index in [1.54, 1.807) is 11.3 Å². The molecule has 1 heterocycles. The molecule has 132 valence electrons. The fraction of sp³-hybridized carbons (Fsp3) is 0.118. The number of benzene rings is 2. The maximum atomic E-state index is 4.71. The van der Waals surface area contributed by atoms with E-state index in [0.717, 1.165) is 22.2 Å². The summed E-state index contributed by atoms with van der Waals surface area (Å²) in [5.41, 5.74) is 3.36. The molecule has 0 bridgehead atoms. The summed E-state index contributed by atoms with van der Waals surface area (Å²) in [6, 6.07) is 20.7. The van der Waals surface area contributed by atoms with Crippen LogP contribution in [0, 0.1) is 13.8 Å². The number of aryl methyl sites for hydroxylation is 2. The lowest BCUT2D eigenvalue weighted by molar-refractivity contribution is 1.17. The minimum atomic E-state index is 0. The van der Waals surface area contributed by atoms with E-state index in [2.05, 4.69) is 67.3 Å². The van der Waals surface area contributed by atoms with Crippen molar-refractivity contribution in [3.63, 3.8) is 0 Å². The SMILES string of the molecule is Br.Br.Br.Br.Cc1nc(N(c2ccccc2)c2ccccc2)sc1C. The molecule has 2 aromatic carbocycles. The van der Waals surface area contributed by atoms with Gasteiger partial charge in [0.25, 0.3) is 0 Å². The Bertz CT molecular complexity index is 646. The molecule has 0 spiro atoms. The maximum absolute atomic E-state index is 4.71. The smallest absolute Gasteiger partial charge is 0.194 e. The quantitative estimate of drug-likeness (QED) is 0.307. The Labute approximate surface area is 189 Å². The maximum Gasteiger partial charge on any atom is 0.194 e. The van der Waals surface area contributed by atoms with Gasteiger partial charge in [-0.3, -0.25) is 4.90 Å². The van der Waals surface area contributed by atoms with E-state index >= 15 is 0 Å². The number of hydrogen-bond acceptors (Lipinski definition) is 3. The van der Waals surface area contributed by atoms with Gasteiger partial charge < -0.3 is 0 Å². The summed E-state index contributed by atoms with van der Waals surface area (Å²) in [5.74, 6) is 0. The average Bonchev–Trinajstić information content (AvgIpc) is 2.81. The Hall–Kier alpha value is -0.210. The van der Waals surface area contributed by atoms with Gasteiger partial charge >= 0.3 is 0 Å². The van der Waals surface area contributed by atoms with Crippen LogP contribution in [0.5, 0.6) is 0 Å². The van der Waals surface area contributed by atoms with E-state index in [1.807, 2.05) is 12.1 Å². The molecule has 2 nitrogen and oxygen atoms in total. The number of para-hydroxylation sites is 2. The van der Waals surface area contributed by atoms with Crippen molar-refractivity contribution < 1.29 is 0 Å². The molecule has 0 saturated carbocycles. The molecular weight excluding hydrogens is 584 g/mol. The number of rotatable bonds is 3. The first-order valence-electron chi connectivity index (χ1n) is 6.60. The van der Waals surface area contributed by atoms with Crippen LogP contribution in [0.3, 0.4) is 0 Å². The normalized spacial score (nSPS) is 8.75. The molecule has 7 heteroatoms. The third kappa shape index (κ3) is 5.95. The van der Waals surface area contributed by atoms with Gasteiger partial charge in [-0.25, -0.2) is 4.98 Å². The summed E-state index contributed by atoms with van der Waals surface area (Å²) >= 11 is 1.73. The second-order valence-electron chi connectivity index (χ2n) is 4.64. The second kappa shape index (κ2) is 12.2. The van der Waals surface area contributed by atoms with Gasteiger partial charge in [-0.15, -0.1) is 79.3 Å². The monoisotopic (exact) mass is 600 g/mol. The van der Waals surface area contributed by atoms with Gasteiger partial charge in [-0.1, -0.05) is 36.4 Å². The summed E-state index contributed by atoms with van der Waals surface area (Å²) in [5, 5.41) is 1.01. The Morgan fingerprint density at radius 2 is 1.12 bits per heavy atom. The fourth-order valence-corrected chi connectivity index (χ4v) is 3.03. The molecule has 0 aliphatic rings. The Balaban J connectivity index is 0. The molecule has 0 radical (unpaired) electrons. The van der Waals surface area contributed by atoms with E-state index in [4.69, 9.17) is 4.98 Å². The standard InChI is InChI=1S/C17H16N2S.4BrH/c1-13-14(2)20-17(18-13)19(15-9-5-3-6-10-15)16-11-7-4-8-12-16;;;;/h3-12H,1-2H3;4*1H. The molecule has 3 aromatic rings. The highest BCUT2D eigenvalue weighted by Gasteiger charge is 2.16. The molecule has 0 saturated heterocycles. The zero-order valence-electron chi connectivity index (χ0n) is 13.2. The highest BCUT2D eigenvalue weighted by atomic mass is 79.9. The van der Waals surface area contributed by atoms with Crippen molar-refractivity contribution in [2.24, 2.45) is 0 Å². The molecule has 0 N–H and O–H groups in total. The minimum Gasteiger partial charge on any atom is -0.286 e. The third-order valence-corrected chi connectivity index (χ3v) is 4.30. The molecule has 0 unspecified atom stereocenters. The predicted molar refractivity (Wildman–Crippen MR) is 128 cm³/mol. The first kappa shape index (κ1) is 26.0. The highest BCUT2D eigenvalue weighted by molar-refractivity contribution is 8.93. The number of aromatic nitrogens is 1.